The number of fused-ring (bicyclic) bond motifs is 5. The molecule has 4 saturated carbocycles. The van der Waals surface area contributed by atoms with E-state index in [-0.39, 0.29) is 11.2 Å². The number of nitrogens with two attached hydrogens (primary N) is 1. The number of carbonyl (C=O) groups is 1. The zero-order chi connectivity index (χ0) is 17.4. The van der Waals surface area contributed by atoms with Crippen LogP contribution in [-0.2, 0) is 4.79 Å². The number of Topliss-reactive ketones (excluding diaryl/α,β-unsaturated/α-hetero) is 1. The molecule has 0 aromatic heterocycles. The summed E-state index contributed by atoms with van der Waals surface area (Å²) in [5, 5.41) is 3.99. The van der Waals surface area contributed by atoms with Gasteiger partial charge in [0, 0.05) is 18.5 Å². The van der Waals surface area contributed by atoms with Gasteiger partial charge in [-0.1, -0.05) is 13.8 Å². The van der Waals surface area contributed by atoms with E-state index in [4.69, 9.17) is 5.73 Å². The molecule has 0 bridgehead atoms. The van der Waals surface area contributed by atoms with E-state index in [0.29, 0.717) is 17.5 Å². The molecule has 5 rings (SSSR count). The Kier molecular flexibility index (Phi) is 3.49. The molecular weight excluding hydrogens is 308 g/mol. The molecule has 4 fully saturated rings. The van der Waals surface area contributed by atoms with Gasteiger partial charge < -0.3 is 11.1 Å². The number of hydrogen-bond acceptors (Lipinski definition) is 3. The fourth-order valence-electron chi connectivity index (χ4n) is 7.56. The third-order valence-corrected chi connectivity index (χ3v) is 9.18. The second-order valence-electron chi connectivity index (χ2n) is 10.3. The molecule has 25 heavy (non-hydrogen) atoms. The van der Waals surface area contributed by atoms with Crippen molar-refractivity contribution in [2.24, 2.45) is 34.3 Å². The Morgan fingerprint density at radius 2 is 1.76 bits per heavy atom. The summed E-state index contributed by atoms with van der Waals surface area (Å²) >= 11 is 0. The van der Waals surface area contributed by atoms with E-state index in [1.165, 1.54) is 50.5 Å². The van der Waals surface area contributed by atoms with Crippen molar-refractivity contribution in [3.8, 4) is 0 Å². The zero-order valence-corrected chi connectivity index (χ0v) is 15.9. The molecule has 3 nitrogen and oxygen atoms in total. The highest BCUT2D eigenvalue weighted by Gasteiger charge is 2.59. The fraction of sp³-hybridized carbons (Fsp3) is 0.864. The molecule has 0 aliphatic heterocycles. The summed E-state index contributed by atoms with van der Waals surface area (Å²) in [7, 11) is 0. The molecule has 5 aliphatic rings. The molecule has 0 amide bonds. The molecule has 0 aromatic rings. The SMILES string of the molecule is C[C@]12CC[C@H]3[C@@H](CCC4=C(N)C(=O)CC[C@@]43C)[C@@H]1CC[C@@H]2NC1CC1. The van der Waals surface area contributed by atoms with Gasteiger partial charge in [0.05, 0.1) is 5.70 Å². The predicted molar refractivity (Wildman–Crippen MR) is 99.8 cm³/mol. The third kappa shape index (κ3) is 2.23. The Balaban J connectivity index is 1.44. The molecule has 3 heteroatoms. The summed E-state index contributed by atoms with van der Waals surface area (Å²) in [6.07, 6.45) is 12.3. The molecular formula is C22H34N2O. The minimum atomic E-state index is 0.199. The van der Waals surface area contributed by atoms with Gasteiger partial charge in [0.15, 0.2) is 5.78 Å². The minimum absolute atomic E-state index is 0.199. The van der Waals surface area contributed by atoms with Crippen LogP contribution in [0.15, 0.2) is 11.3 Å². The van der Waals surface area contributed by atoms with E-state index in [9.17, 15) is 4.79 Å². The summed E-state index contributed by atoms with van der Waals surface area (Å²) in [5.74, 6) is 2.68. The normalized spacial score (nSPS) is 49.6. The molecule has 6 atom stereocenters. The molecule has 0 heterocycles. The molecule has 0 saturated heterocycles. The number of allylic oxidation sites excluding steroid dienone is 1. The van der Waals surface area contributed by atoms with Crippen molar-refractivity contribution in [2.45, 2.75) is 90.1 Å². The molecule has 0 aromatic carbocycles. The lowest BCUT2D eigenvalue weighted by molar-refractivity contribution is -0.118. The first-order valence-corrected chi connectivity index (χ1v) is 10.7. The number of ketones is 1. The van der Waals surface area contributed by atoms with E-state index in [2.05, 4.69) is 19.2 Å². The van der Waals surface area contributed by atoms with Crippen LogP contribution in [-0.4, -0.2) is 17.9 Å². The van der Waals surface area contributed by atoms with Gasteiger partial charge in [-0.05, 0) is 91.9 Å². The second-order valence-corrected chi connectivity index (χ2v) is 10.3. The average molecular weight is 343 g/mol. The Hall–Kier alpha value is -0.830. The smallest absolute Gasteiger partial charge is 0.178 e. The molecule has 5 aliphatic carbocycles. The van der Waals surface area contributed by atoms with Crippen LogP contribution < -0.4 is 11.1 Å². The Labute approximate surface area is 152 Å². The van der Waals surface area contributed by atoms with Gasteiger partial charge in [-0.25, -0.2) is 0 Å². The Morgan fingerprint density at radius 3 is 2.52 bits per heavy atom. The average Bonchev–Trinajstić information content (AvgIpc) is 3.34. The standard InChI is InChI=1S/C22H34N2O/c1-21-12-10-18(25)20(23)17(21)6-5-14-15-7-8-19(24-13-3-4-13)22(15,2)11-9-16(14)21/h13-16,19,24H,3-12,23H2,1-2H3/t14-,15-,16-,19-,21+,22-/m0/s1. The van der Waals surface area contributed by atoms with E-state index >= 15 is 0 Å². The van der Waals surface area contributed by atoms with Crippen LogP contribution in [0.5, 0.6) is 0 Å². The molecule has 138 valence electrons. The van der Waals surface area contributed by atoms with Crippen LogP contribution >= 0.6 is 0 Å². The van der Waals surface area contributed by atoms with Crippen LogP contribution in [0.4, 0.5) is 0 Å². The van der Waals surface area contributed by atoms with E-state index in [0.717, 1.165) is 42.7 Å². The highest BCUT2D eigenvalue weighted by molar-refractivity contribution is 5.96. The van der Waals surface area contributed by atoms with E-state index < -0.39 is 0 Å². The Bertz CT molecular complexity index is 636. The third-order valence-electron chi connectivity index (χ3n) is 9.18. The summed E-state index contributed by atoms with van der Waals surface area (Å²) in [6, 6.07) is 1.56. The van der Waals surface area contributed by atoms with Crippen LogP contribution in [0.3, 0.4) is 0 Å². The maximum absolute atomic E-state index is 12.1. The van der Waals surface area contributed by atoms with Gasteiger partial charge in [0.25, 0.3) is 0 Å². The first kappa shape index (κ1) is 16.4. The summed E-state index contributed by atoms with van der Waals surface area (Å²) < 4.78 is 0. The highest BCUT2D eigenvalue weighted by Crippen LogP contribution is 2.65. The number of nitrogens with one attached hydrogen (secondary N) is 1. The zero-order valence-electron chi connectivity index (χ0n) is 15.9. The number of rotatable bonds is 2. The largest absolute Gasteiger partial charge is 0.396 e. The van der Waals surface area contributed by atoms with Crippen molar-refractivity contribution in [3.05, 3.63) is 11.3 Å². The number of carbonyl (C=O) groups excluding carboxylic acids is 1. The molecule has 0 radical (unpaired) electrons. The lowest BCUT2D eigenvalue weighted by Gasteiger charge is -2.58. The van der Waals surface area contributed by atoms with Gasteiger partial charge in [-0.3, -0.25) is 4.79 Å². The monoisotopic (exact) mass is 342 g/mol. The van der Waals surface area contributed by atoms with E-state index in [1.807, 2.05) is 0 Å². The number of hydrogen-bond donors (Lipinski definition) is 2. The topological polar surface area (TPSA) is 55.1 Å². The van der Waals surface area contributed by atoms with Crippen LogP contribution in [0, 0.1) is 28.6 Å². The minimum Gasteiger partial charge on any atom is -0.396 e. The summed E-state index contributed by atoms with van der Waals surface area (Å²) in [4.78, 5) is 12.1. The summed E-state index contributed by atoms with van der Waals surface area (Å²) in [5.41, 5.74) is 8.94. The first-order valence-electron chi connectivity index (χ1n) is 10.7. The molecule has 0 unspecified atom stereocenters. The van der Waals surface area contributed by atoms with Crippen LogP contribution in [0.25, 0.3) is 0 Å². The van der Waals surface area contributed by atoms with Gasteiger partial charge in [-0.15, -0.1) is 0 Å². The first-order chi connectivity index (χ1) is 11.9. The highest BCUT2D eigenvalue weighted by atomic mass is 16.1. The molecule has 0 spiro atoms. The van der Waals surface area contributed by atoms with Crippen molar-refractivity contribution >= 4 is 5.78 Å². The van der Waals surface area contributed by atoms with Crippen molar-refractivity contribution in [2.75, 3.05) is 0 Å². The van der Waals surface area contributed by atoms with Crippen molar-refractivity contribution in [1.82, 2.24) is 5.32 Å². The maximum Gasteiger partial charge on any atom is 0.178 e. The van der Waals surface area contributed by atoms with Gasteiger partial charge in [-0.2, -0.15) is 0 Å². The predicted octanol–water partition coefficient (Wildman–Crippen LogP) is 3.93. The Morgan fingerprint density at radius 1 is 0.960 bits per heavy atom. The fourth-order valence-corrected chi connectivity index (χ4v) is 7.56. The van der Waals surface area contributed by atoms with Gasteiger partial charge >= 0.3 is 0 Å². The van der Waals surface area contributed by atoms with Crippen molar-refractivity contribution in [3.63, 3.8) is 0 Å². The van der Waals surface area contributed by atoms with E-state index in [1.54, 1.807) is 0 Å². The quantitative estimate of drug-likeness (QED) is 0.799. The lowest BCUT2D eigenvalue weighted by Crippen LogP contribution is -2.54. The van der Waals surface area contributed by atoms with Crippen LogP contribution in [0.1, 0.15) is 78.1 Å². The maximum atomic E-state index is 12.1. The molecule has 3 N–H and O–H groups in total. The van der Waals surface area contributed by atoms with Crippen molar-refractivity contribution < 1.29 is 4.79 Å². The van der Waals surface area contributed by atoms with Crippen LogP contribution in [0.2, 0.25) is 0 Å². The second kappa shape index (κ2) is 5.34. The van der Waals surface area contributed by atoms with Gasteiger partial charge in [0.1, 0.15) is 0 Å². The summed E-state index contributed by atoms with van der Waals surface area (Å²) in [6.45, 7) is 5.03. The van der Waals surface area contributed by atoms with Gasteiger partial charge in [0.2, 0.25) is 0 Å². The lowest BCUT2D eigenvalue weighted by atomic mass is 9.47. The van der Waals surface area contributed by atoms with Crippen molar-refractivity contribution in [1.29, 1.82) is 0 Å².